The van der Waals surface area contributed by atoms with Crippen molar-refractivity contribution in [3.63, 3.8) is 0 Å². The van der Waals surface area contributed by atoms with Gasteiger partial charge in [0.05, 0.1) is 22.2 Å². The van der Waals surface area contributed by atoms with Gasteiger partial charge in [0.15, 0.2) is 5.78 Å². The lowest BCUT2D eigenvalue weighted by molar-refractivity contribution is -0.137. The molecule has 0 aliphatic carbocycles. The molecule has 3 aromatic carbocycles. The van der Waals surface area contributed by atoms with E-state index in [2.05, 4.69) is 22.1 Å². The average molecular weight is 540 g/mol. The molecule has 4 aliphatic heterocycles. The van der Waals surface area contributed by atoms with Crippen molar-refractivity contribution in [3.05, 3.63) is 101 Å². The van der Waals surface area contributed by atoms with Gasteiger partial charge in [0, 0.05) is 17.3 Å². The van der Waals surface area contributed by atoms with E-state index in [0.29, 0.717) is 51.8 Å². The summed E-state index contributed by atoms with van der Waals surface area (Å²) >= 11 is 6.61. The third-order valence-corrected chi connectivity index (χ3v) is 9.19. The number of ether oxygens (including phenoxy) is 1. The standard InChI is InChI=1S/C31H26ClN3O4/c1-2-17-39-24-15-6-3-9-18(24)27(36)25-23-14-8-16-35(23)31(20-11-7-12-21(32)26(20)34-29(31)38)30(25)19-10-4-5-13-22(19)33-28(30)37/h2-7,9-13,15,23,25H,1,8,14,16-17H2,(H,33,37)(H,34,38)/t23-,25-,30+,31+/m0/s1. The summed E-state index contributed by atoms with van der Waals surface area (Å²) in [4.78, 5) is 45.9. The summed E-state index contributed by atoms with van der Waals surface area (Å²) in [5, 5.41) is 6.46. The van der Waals surface area contributed by atoms with Crippen molar-refractivity contribution in [2.24, 2.45) is 5.92 Å². The lowest BCUT2D eigenvalue weighted by atomic mass is 9.57. The number of amides is 2. The molecule has 2 N–H and O–H groups in total. The van der Waals surface area contributed by atoms with Crippen molar-refractivity contribution in [2.45, 2.75) is 29.8 Å². The minimum atomic E-state index is -1.53. The van der Waals surface area contributed by atoms with Gasteiger partial charge in [-0.3, -0.25) is 19.3 Å². The van der Waals surface area contributed by atoms with Crippen molar-refractivity contribution < 1.29 is 19.1 Å². The number of hydrogen-bond donors (Lipinski definition) is 2. The number of rotatable bonds is 5. The van der Waals surface area contributed by atoms with Crippen LogP contribution in [0.5, 0.6) is 5.75 Å². The van der Waals surface area contributed by atoms with E-state index in [9.17, 15) is 14.4 Å². The van der Waals surface area contributed by atoms with Crippen LogP contribution in [-0.2, 0) is 20.5 Å². The van der Waals surface area contributed by atoms with E-state index in [0.717, 1.165) is 6.42 Å². The first-order valence-electron chi connectivity index (χ1n) is 13.1. The molecule has 0 unspecified atom stereocenters. The Morgan fingerprint density at radius 2 is 1.79 bits per heavy atom. The molecule has 0 saturated carbocycles. The van der Waals surface area contributed by atoms with Crippen LogP contribution < -0.4 is 15.4 Å². The maximum atomic E-state index is 14.8. The molecule has 0 aromatic heterocycles. The van der Waals surface area contributed by atoms with Crippen LogP contribution in [0.1, 0.15) is 34.3 Å². The van der Waals surface area contributed by atoms with E-state index in [1.54, 1.807) is 36.4 Å². The van der Waals surface area contributed by atoms with Gasteiger partial charge in [-0.15, -0.1) is 0 Å². The molecule has 7 nitrogen and oxygen atoms in total. The van der Waals surface area contributed by atoms with Crippen LogP contribution >= 0.6 is 11.6 Å². The lowest BCUT2D eigenvalue weighted by Gasteiger charge is -2.43. The minimum absolute atomic E-state index is 0.224. The third-order valence-electron chi connectivity index (χ3n) is 8.87. The Bertz CT molecular complexity index is 1590. The predicted molar refractivity (Wildman–Crippen MR) is 148 cm³/mol. The Morgan fingerprint density at radius 1 is 1.03 bits per heavy atom. The number of para-hydroxylation sites is 3. The van der Waals surface area contributed by atoms with Gasteiger partial charge in [0.25, 0.3) is 5.91 Å². The first-order chi connectivity index (χ1) is 19.0. The van der Waals surface area contributed by atoms with E-state index in [4.69, 9.17) is 16.3 Å². The fourth-order valence-electron chi connectivity index (χ4n) is 7.68. The second kappa shape index (κ2) is 8.53. The fourth-order valence-corrected chi connectivity index (χ4v) is 7.90. The number of carbonyl (C=O) groups is 3. The molecule has 8 heteroatoms. The smallest absolute Gasteiger partial charge is 0.251 e. The summed E-state index contributed by atoms with van der Waals surface area (Å²) in [7, 11) is 0. The maximum Gasteiger partial charge on any atom is 0.251 e. The number of carbonyl (C=O) groups excluding carboxylic acids is 3. The van der Waals surface area contributed by atoms with Gasteiger partial charge >= 0.3 is 0 Å². The highest BCUT2D eigenvalue weighted by Crippen LogP contribution is 2.68. The maximum absolute atomic E-state index is 14.8. The lowest BCUT2D eigenvalue weighted by Crippen LogP contribution is -2.62. The van der Waals surface area contributed by atoms with Crippen molar-refractivity contribution in [3.8, 4) is 5.75 Å². The molecule has 4 aliphatic rings. The first kappa shape index (κ1) is 24.1. The number of halogens is 1. The molecule has 3 aromatic rings. The summed E-state index contributed by atoms with van der Waals surface area (Å²) in [6.45, 7) is 4.53. The van der Waals surface area contributed by atoms with Gasteiger partial charge in [0.1, 0.15) is 23.3 Å². The highest BCUT2D eigenvalue weighted by atomic mass is 35.5. The van der Waals surface area contributed by atoms with Gasteiger partial charge in [-0.25, -0.2) is 0 Å². The topological polar surface area (TPSA) is 87.7 Å². The molecule has 4 atom stereocenters. The zero-order valence-electron chi connectivity index (χ0n) is 21.1. The number of Topliss-reactive ketones (excluding diaryl/α,β-unsaturated/α-hetero) is 1. The summed E-state index contributed by atoms with van der Waals surface area (Å²) in [6, 6.07) is 19.5. The number of nitrogens with zero attached hydrogens (tertiary/aromatic N) is 1. The summed E-state index contributed by atoms with van der Waals surface area (Å²) in [6.07, 6.45) is 3.10. The largest absolute Gasteiger partial charge is 0.489 e. The fraction of sp³-hybridized carbons (Fsp3) is 0.258. The second-order valence-electron chi connectivity index (χ2n) is 10.5. The minimum Gasteiger partial charge on any atom is -0.489 e. The van der Waals surface area contributed by atoms with Crippen LogP contribution in [0, 0.1) is 5.92 Å². The van der Waals surface area contributed by atoms with Gasteiger partial charge in [-0.1, -0.05) is 66.7 Å². The van der Waals surface area contributed by atoms with Gasteiger partial charge in [-0.05, 0) is 49.2 Å². The van der Waals surface area contributed by atoms with Crippen LogP contribution in [0.25, 0.3) is 0 Å². The van der Waals surface area contributed by atoms with E-state index in [1.165, 1.54) is 0 Å². The van der Waals surface area contributed by atoms with E-state index in [-0.39, 0.29) is 30.2 Å². The molecule has 7 rings (SSSR count). The van der Waals surface area contributed by atoms with E-state index in [1.807, 2.05) is 36.4 Å². The van der Waals surface area contributed by atoms with Crippen molar-refractivity contribution in [1.82, 2.24) is 4.90 Å². The molecule has 2 fully saturated rings. The molecular formula is C31H26ClN3O4. The predicted octanol–water partition coefficient (Wildman–Crippen LogP) is 4.92. The molecule has 2 saturated heterocycles. The number of benzene rings is 3. The van der Waals surface area contributed by atoms with Crippen molar-refractivity contribution in [1.29, 1.82) is 0 Å². The molecule has 0 bridgehead atoms. The van der Waals surface area contributed by atoms with Gasteiger partial charge in [0.2, 0.25) is 5.91 Å². The number of hydrogen-bond acceptors (Lipinski definition) is 5. The van der Waals surface area contributed by atoms with Crippen LogP contribution in [-0.4, -0.2) is 41.7 Å². The van der Waals surface area contributed by atoms with Crippen LogP contribution in [0.15, 0.2) is 79.4 Å². The second-order valence-corrected chi connectivity index (χ2v) is 10.9. The Morgan fingerprint density at radius 3 is 2.64 bits per heavy atom. The van der Waals surface area contributed by atoms with Gasteiger partial charge < -0.3 is 15.4 Å². The van der Waals surface area contributed by atoms with Gasteiger partial charge in [-0.2, -0.15) is 0 Å². The Labute approximate surface area is 230 Å². The number of fused-ring (bicyclic) bond motifs is 7. The number of ketones is 1. The monoisotopic (exact) mass is 539 g/mol. The number of anilines is 2. The molecule has 196 valence electrons. The molecule has 39 heavy (non-hydrogen) atoms. The van der Waals surface area contributed by atoms with Crippen LogP contribution in [0.4, 0.5) is 11.4 Å². The summed E-state index contributed by atoms with van der Waals surface area (Å²) < 4.78 is 5.89. The van der Waals surface area contributed by atoms with Crippen molar-refractivity contribution in [2.75, 3.05) is 23.8 Å². The average Bonchev–Trinajstić information content (AvgIpc) is 3.67. The van der Waals surface area contributed by atoms with E-state index >= 15 is 0 Å². The van der Waals surface area contributed by atoms with Crippen molar-refractivity contribution >= 4 is 40.6 Å². The van der Waals surface area contributed by atoms with E-state index < -0.39 is 16.9 Å². The molecule has 2 spiro atoms. The first-order valence-corrected chi connectivity index (χ1v) is 13.5. The molecular weight excluding hydrogens is 514 g/mol. The van der Waals surface area contributed by atoms with Crippen LogP contribution in [0.3, 0.4) is 0 Å². The SMILES string of the molecule is C=CCOc1ccccc1C(=O)[C@@H]1[C@@H]2CCCN2[C@]2(C(=O)Nc3c(Cl)cccc32)[C@@]12C(=O)Nc1ccccc12. The number of nitrogens with one attached hydrogen (secondary N) is 2. The normalized spacial score (nSPS) is 28.2. The Balaban J connectivity index is 1.56. The molecule has 0 radical (unpaired) electrons. The highest BCUT2D eigenvalue weighted by molar-refractivity contribution is 6.35. The molecule has 4 heterocycles. The van der Waals surface area contributed by atoms with Crippen LogP contribution in [0.2, 0.25) is 5.02 Å². The zero-order chi connectivity index (χ0) is 26.9. The third kappa shape index (κ3) is 2.84. The summed E-state index contributed by atoms with van der Waals surface area (Å²) in [5.41, 5.74) is -0.218. The Kier molecular flexibility index (Phi) is 5.28. The highest BCUT2D eigenvalue weighted by Gasteiger charge is 2.81. The summed E-state index contributed by atoms with van der Waals surface area (Å²) in [5.74, 6) is -1.35. The molecule has 2 amide bonds. The zero-order valence-corrected chi connectivity index (χ0v) is 21.8. The quantitative estimate of drug-likeness (QED) is 0.355. The Hall–Kier alpha value is -3.94.